The van der Waals surface area contributed by atoms with Gasteiger partial charge >= 0.3 is 0 Å². The lowest BCUT2D eigenvalue weighted by molar-refractivity contribution is -0.125. The van der Waals surface area contributed by atoms with Gasteiger partial charge in [-0.2, -0.15) is 0 Å². The topological polar surface area (TPSA) is 38.3 Å². The van der Waals surface area contributed by atoms with Crippen LogP contribution in [-0.2, 0) is 9.53 Å². The van der Waals surface area contributed by atoms with Gasteiger partial charge in [-0.05, 0) is 43.4 Å². The molecule has 2 bridgehead atoms. The quantitative estimate of drug-likeness (QED) is 0.702. The summed E-state index contributed by atoms with van der Waals surface area (Å²) in [5, 5.41) is 3.00. The molecule has 1 amide bonds. The number of amides is 1. The van der Waals surface area contributed by atoms with Crippen LogP contribution in [-0.4, -0.2) is 25.7 Å². The van der Waals surface area contributed by atoms with E-state index in [4.69, 9.17) is 4.74 Å². The zero-order valence-corrected chi connectivity index (χ0v) is 10.2. The number of hydrogen-bond acceptors (Lipinski definition) is 2. The van der Waals surface area contributed by atoms with Crippen molar-refractivity contribution < 1.29 is 9.53 Å². The molecule has 0 aromatic carbocycles. The van der Waals surface area contributed by atoms with Crippen molar-refractivity contribution in [1.29, 1.82) is 0 Å². The highest BCUT2D eigenvalue weighted by Crippen LogP contribution is 2.47. The van der Waals surface area contributed by atoms with Crippen LogP contribution in [0.1, 0.15) is 39.0 Å². The van der Waals surface area contributed by atoms with E-state index in [1.54, 1.807) is 0 Å². The van der Waals surface area contributed by atoms with Gasteiger partial charge in [0, 0.05) is 13.2 Å². The molecule has 92 valence electrons. The first-order chi connectivity index (χ1) is 7.79. The Morgan fingerprint density at radius 1 is 1.38 bits per heavy atom. The Bertz CT molecular complexity index is 242. The van der Waals surface area contributed by atoms with Crippen molar-refractivity contribution in [2.75, 3.05) is 19.8 Å². The van der Waals surface area contributed by atoms with Crippen molar-refractivity contribution in [3.8, 4) is 0 Å². The molecule has 3 nitrogen and oxygen atoms in total. The molecule has 0 aliphatic heterocycles. The molecular formula is C13H23NO2. The molecule has 3 heteroatoms. The van der Waals surface area contributed by atoms with E-state index in [-0.39, 0.29) is 12.5 Å². The zero-order chi connectivity index (χ0) is 11.4. The van der Waals surface area contributed by atoms with Crippen LogP contribution in [0.2, 0.25) is 0 Å². The summed E-state index contributed by atoms with van der Waals surface area (Å²) in [5.74, 6) is 2.65. The third-order valence-corrected chi connectivity index (χ3v) is 4.03. The fraction of sp³-hybridized carbons (Fsp3) is 0.923. The lowest BCUT2D eigenvalue weighted by Gasteiger charge is -2.21. The minimum atomic E-state index is 0.0521. The van der Waals surface area contributed by atoms with Gasteiger partial charge in [-0.15, -0.1) is 0 Å². The van der Waals surface area contributed by atoms with E-state index in [1.165, 1.54) is 25.7 Å². The molecule has 2 aliphatic rings. The Hall–Kier alpha value is -0.570. The van der Waals surface area contributed by atoms with Crippen LogP contribution < -0.4 is 5.32 Å². The van der Waals surface area contributed by atoms with E-state index < -0.39 is 0 Å². The molecule has 2 saturated carbocycles. The predicted molar refractivity (Wildman–Crippen MR) is 63.1 cm³/mol. The second-order valence-corrected chi connectivity index (χ2v) is 5.29. The van der Waals surface area contributed by atoms with E-state index in [1.807, 2.05) is 6.92 Å². The molecule has 2 aliphatic carbocycles. The van der Waals surface area contributed by atoms with Gasteiger partial charge in [-0.25, -0.2) is 0 Å². The van der Waals surface area contributed by atoms with Gasteiger partial charge in [0.05, 0.1) is 0 Å². The maximum absolute atomic E-state index is 11.4. The highest BCUT2D eigenvalue weighted by Gasteiger charge is 2.39. The molecule has 0 heterocycles. The van der Waals surface area contributed by atoms with Crippen molar-refractivity contribution in [3.63, 3.8) is 0 Å². The maximum Gasteiger partial charge on any atom is 0.246 e. The molecule has 2 fully saturated rings. The summed E-state index contributed by atoms with van der Waals surface area (Å²) in [6.45, 7) is 3.83. The van der Waals surface area contributed by atoms with Crippen LogP contribution in [0, 0.1) is 17.8 Å². The summed E-state index contributed by atoms with van der Waals surface area (Å²) in [5.41, 5.74) is 0. The van der Waals surface area contributed by atoms with Gasteiger partial charge in [0.25, 0.3) is 0 Å². The average molecular weight is 225 g/mol. The van der Waals surface area contributed by atoms with Crippen molar-refractivity contribution >= 4 is 5.91 Å². The largest absolute Gasteiger partial charge is 0.372 e. The number of carbonyl (C=O) groups excluding carboxylic acids is 1. The molecule has 0 aromatic heterocycles. The monoisotopic (exact) mass is 225 g/mol. The Balaban J connectivity index is 1.59. The lowest BCUT2D eigenvalue weighted by atomic mass is 9.89. The summed E-state index contributed by atoms with van der Waals surface area (Å²) in [7, 11) is 0. The van der Waals surface area contributed by atoms with Crippen LogP contribution in [0.25, 0.3) is 0 Å². The van der Waals surface area contributed by atoms with Gasteiger partial charge in [0.1, 0.15) is 6.61 Å². The molecular weight excluding hydrogens is 202 g/mol. The van der Waals surface area contributed by atoms with Gasteiger partial charge in [0.2, 0.25) is 5.91 Å². The summed E-state index contributed by atoms with van der Waals surface area (Å²) < 4.78 is 5.21. The number of nitrogens with one attached hydrogen (secondary N) is 1. The van der Waals surface area contributed by atoms with Crippen LogP contribution in [0.15, 0.2) is 0 Å². The number of fused-ring (bicyclic) bond motifs is 2. The maximum atomic E-state index is 11.4. The summed E-state index contributed by atoms with van der Waals surface area (Å²) >= 11 is 0. The van der Waals surface area contributed by atoms with Crippen LogP contribution in [0.4, 0.5) is 0 Å². The SMILES string of the molecule is CCCOCC(=O)NC[C@@H]1C[C@H]2CC[C@H]1C2. The first-order valence-electron chi connectivity index (χ1n) is 6.64. The number of hydrogen-bond donors (Lipinski definition) is 1. The fourth-order valence-corrected chi connectivity index (χ4v) is 3.23. The van der Waals surface area contributed by atoms with Gasteiger partial charge < -0.3 is 10.1 Å². The first kappa shape index (κ1) is 11.9. The van der Waals surface area contributed by atoms with Gasteiger partial charge in [-0.1, -0.05) is 13.3 Å². The Morgan fingerprint density at radius 3 is 2.88 bits per heavy atom. The van der Waals surface area contributed by atoms with Gasteiger partial charge in [-0.3, -0.25) is 4.79 Å². The fourth-order valence-electron chi connectivity index (χ4n) is 3.23. The third kappa shape index (κ3) is 2.97. The summed E-state index contributed by atoms with van der Waals surface area (Å²) in [4.78, 5) is 11.4. The minimum absolute atomic E-state index is 0.0521. The van der Waals surface area contributed by atoms with E-state index >= 15 is 0 Å². The molecule has 2 rings (SSSR count). The summed E-state index contributed by atoms with van der Waals surface area (Å²) in [6, 6.07) is 0. The second-order valence-electron chi connectivity index (χ2n) is 5.29. The number of ether oxygens (including phenoxy) is 1. The molecule has 1 N–H and O–H groups in total. The Kier molecular flexibility index (Phi) is 4.22. The molecule has 3 atom stereocenters. The Morgan fingerprint density at radius 2 is 2.25 bits per heavy atom. The van der Waals surface area contributed by atoms with Crippen LogP contribution in [0.3, 0.4) is 0 Å². The van der Waals surface area contributed by atoms with Crippen molar-refractivity contribution in [3.05, 3.63) is 0 Å². The highest BCUT2D eigenvalue weighted by atomic mass is 16.5. The number of carbonyl (C=O) groups is 1. The van der Waals surface area contributed by atoms with Gasteiger partial charge in [0.15, 0.2) is 0 Å². The molecule has 0 radical (unpaired) electrons. The normalized spacial score (nSPS) is 31.9. The molecule has 0 unspecified atom stereocenters. The molecule has 0 aromatic rings. The second kappa shape index (κ2) is 5.67. The smallest absolute Gasteiger partial charge is 0.246 e. The molecule has 0 saturated heterocycles. The standard InChI is InChI=1S/C13H23NO2/c1-2-5-16-9-13(15)14-8-12-7-10-3-4-11(12)6-10/h10-12H,2-9H2,1H3,(H,14,15)/t10-,11-,12-/m0/s1. The van der Waals surface area contributed by atoms with E-state index in [0.717, 1.165) is 30.7 Å². The molecule has 0 spiro atoms. The lowest BCUT2D eigenvalue weighted by Crippen LogP contribution is -2.34. The summed E-state index contributed by atoms with van der Waals surface area (Å²) in [6.07, 6.45) is 6.53. The van der Waals surface area contributed by atoms with Crippen LogP contribution in [0.5, 0.6) is 0 Å². The third-order valence-electron chi connectivity index (χ3n) is 4.03. The van der Waals surface area contributed by atoms with Crippen molar-refractivity contribution in [2.45, 2.75) is 39.0 Å². The predicted octanol–water partition coefficient (Wildman–Crippen LogP) is 1.97. The zero-order valence-electron chi connectivity index (χ0n) is 10.2. The van der Waals surface area contributed by atoms with Crippen molar-refractivity contribution in [1.82, 2.24) is 5.32 Å². The molecule has 16 heavy (non-hydrogen) atoms. The van der Waals surface area contributed by atoms with Crippen LogP contribution >= 0.6 is 0 Å². The first-order valence-corrected chi connectivity index (χ1v) is 6.64. The average Bonchev–Trinajstić information content (AvgIpc) is 2.88. The van der Waals surface area contributed by atoms with E-state index in [2.05, 4.69) is 5.32 Å². The highest BCUT2D eigenvalue weighted by molar-refractivity contribution is 5.77. The minimum Gasteiger partial charge on any atom is -0.372 e. The van der Waals surface area contributed by atoms with Crippen molar-refractivity contribution in [2.24, 2.45) is 17.8 Å². The van der Waals surface area contributed by atoms with E-state index in [9.17, 15) is 4.79 Å². The number of rotatable bonds is 6. The Labute approximate surface area is 97.9 Å². The van der Waals surface area contributed by atoms with E-state index in [0.29, 0.717) is 6.61 Å².